The predicted octanol–water partition coefficient (Wildman–Crippen LogP) is 4.25. The molecule has 2 aliphatic carbocycles. The van der Waals surface area contributed by atoms with Crippen LogP contribution in [0.15, 0.2) is 22.3 Å². The van der Waals surface area contributed by atoms with Crippen LogP contribution in [0.1, 0.15) is 69.9 Å². The average Bonchev–Trinajstić information content (AvgIpc) is 2.89. The second-order valence-electron chi connectivity index (χ2n) is 7.80. The van der Waals surface area contributed by atoms with Crippen molar-refractivity contribution in [1.29, 1.82) is 0 Å². The lowest BCUT2D eigenvalue weighted by atomic mass is 9.56. The van der Waals surface area contributed by atoms with Crippen molar-refractivity contribution in [2.45, 2.75) is 72.0 Å². The first-order chi connectivity index (χ1) is 11.2. The Morgan fingerprint density at radius 3 is 2.88 bits per heavy atom. The van der Waals surface area contributed by atoms with Crippen LogP contribution in [0.25, 0.3) is 0 Å². The third kappa shape index (κ3) is 2.34. The van der Waals surface area contributed by atoms with Crippen molar-refractivity contribution in [3.63, 3.8) is 0 Å². The van der Waals surface area contributed by atoms with Crippen molar-refractivity contribution in [3.05, 3.63) is 34.8 Å². The minimum atomic E-state index is -0.932. The van der Waals surface area contributed by atoms with Crippen LogP contribution in [0.2, 0.25) is 0 Å². The fourth-order valence-corrected chi connectivity index (χ4v) is 4.09. The molecule has 0 saturated carbocycles. The molecule has 0 aromatic carbocycles. The average molecular weight is 332 g/mol. The van der Waals surface area contributed by atoms with E-state index in [0.717, 1.165) is 35.3 Å². The van der Waals surface area contributed by atoms with Crippen LogP contribution in [0.3, 0.4) is 0 Å². The van der Waals surface area contributed by atoms with Crippen molar-refractivity contribution < 1.29 is 19.1 Å². The van der Waals surface area contributed by atoms with E-state index in [9.17, 15) is 9.90 Å². The van der Waals surface area contributed by atoms with E-state index in [1.54, 1.807) is 6.26 Å². The molecule has 0 bridgehead atoms. The molecular formula is C20H28O4. The van der Waals surface area contributed by atoms with Crippen LogP contribution in [-0.2, 0) is 16.0 Å². The van der Waals surface area contributed by atoms with Crippen LogP contribution in [0.5, 0.6) is 0 Å². The van der Waals surface area contributed by atoms with Crippen molar-refractivity contribution in [2.24, 2.45) is 11.3 Å². The summed E-state index contributed by atoms with van der Waals surface area (Å²) in [6, 6.07) is 0. The molecule has 1 aromatic rings. The molecule has 1 aromatic heterocycles. The number of furan rings is 1. The van der Waals surface area contributed by atoms with Crippen LogP contribution in [0.4, 0.5) is 0 Å². The van der Waals surface area contributed by atoms with Gasteiger partial charge in [0, 0.05) is 12.0 Å². The Labute approximate surface area is 143 Å². The van der Waals surface area contributed by atoms with Gasteiger partial charge in [-0.15, -0.1) is 0 Å². The van der Waals surface area contributed by atoms with Crippen LogP contribution in [-0.4, -0.2) is 16.7 Å². The third-order valence-electron chi connectivity index (χ3n) is 6.30. The Balaban J connectivity index is 2.12. The highest BCUT2D eigenvalue weighted by Gasteiger charge is 2.58. The highest BCUT2D eigenvalue weighted by molar-refractivity contribution is 5.72. The molecule has 0 fully saturated rings. The second-order valence-corrected chi connectivity index (χ2v) is 7.80. The zero-order chi connectivity index (χ0) is 17.7. The Morgan fingerprint density at radius 2 is 2.21 bits per heavy atom. The molecule has 0 spiro atoms. The van der Waals surface area contributed by atoms with Gasteiger partial charge in [0.15, 0.2) is 0 Å². The van der Waals surface area contributed by atoms with E-state index >= 15 is 0 Å². The maximum atomic E-state index is 12.6. The quantitative estimate of drug-likeness (QED) is 0.664. The topological polar surface area (TPSA) is 59.7 Å². The fraction of sp³-hybridized carbons (Fsp3) is 0.650. The molecule has 0 aliphatic heterocycles. The first kappa shape index (κ1) is 17.3. The van der Waals surface area contributed by atoms with Crippen molar-refractivity contribution in [3.8, 4) is 0 Å². The number of aliphatic hydroxyl groups is 1. The molecule has 4 heteroatoms. The summed E-state index contributed by atoms with van der Waals surface area (Å²) in [5.74, 6) is 0.487. The molecule has 0 unspecified atom stereocenters. The summed E-state index contributed by atoms with van der Waals surface area (Å²) >= 11 is 0. The number of hydrogen-bond donors (Lipinski definition) is 1. The minimum Gasteiger partial charge on any atom is -0.468 e. The Kier molecular flexibility index (Phi) is 4.15. The van der Waals surface area contributed by atoms with Crippen LogP contribution < -0.4 is 0 Å². The lowest BCUT2D eigenvalue weighted by Crippen LogP contribution is -2.54. The van der Waals surface area contributed by atoms with Gasteiger partial charge in [0.05, 0.1) is 23.2 Å². The normalized spacial score (nSPS) is 33.2. The van der Waals surface area contributed by atoms with E-state index < -0.39 is 17.1 Å². The summed E-state index contributed by atoms with van der Waals surface area (Å²) in [5.41, 5.74) is 1.47. The molecule has 1 heterocycles. The van der Waals surface area contributed by atoms with Crippen molar-refractivity contribution in [1.82, 2.24) is 0 Å². The molecule has 0 saturated heterocycles. The third-order valence-corrected chi connectivity index (χ3v) is 6.30. The predicted molar refractivity (Wildman–Crippen MR) is 91.5 cm³/mol. The minimum absolute atomic E-state index is 0.160. The van der Waals surface area contributed by atoms with Crippen LogP contribution >= 0.6 is 0 Å². The second kappa shape index (κ2) is 5.76. The summed E-state index contributed by atoms with van der Waals surface area (Å²) in [6.45, 7) is 9.73. The number of fused-ring (bicyclic) bond motifs is 2. The van der Waals surface area contributed by atoms with E-state index in [1.807, 2.05) is 34.6 Å². The molecule has 0 amide bonds. The molecule has 4 nitrogen and oxygen atoms in total. The van der Waals surface area contributed by atoms with Gasteiger partial charge in [-0.1, -0.05) is 25.5 Å². The zero-order valence-electron chi connectivity index (χ0n) is 15.3. The summed E-state index contributed by atoms with van der Waals surface area (Å²) in [5, 5.41) is 11.2. The van der Waals surface area contributed by atoms with Crippen molar-refractivity contribution >= 4 is 5.97 Å². The molecular weight excluding hydrogens is 304 g/mol. The van der Waals surface area contributed by atoms with E-state index in [2.05, 4.69) is 6.08 Å². The SMILES string of the molecule is CC[C@H](C)C(=O)O[C@@H]1c2c(C)coc2CC2=CCC[C@](C)(O)[C@]21C. The van der Waals surface area contributed by atoms with E-state index in [4.69, 9.17) is 9.15 Å². The van der Waals surface area contributed by atoms with Gasteiger partial charge in [0.1, 0.15) is 11.9 Å². The summed E-state index contributed by atoms with van der Waals surface area (Å²) in [6.07, 6.45) is 6.30. The highest BCUT2D eigenvalue weighted by atomic mass is 16.5. The van der Waals surface area contributed by atoms with E-state index in [1.165, 1.54) is 0 Å². The summed E-state index contributed by atoms with van der Waals surface area (Å²) in [4.78, 5) is 12.6. The van der Waals surface area contributed by atoms with Gasteiger partial charge in [-0.3, -0.25) is 4.79 Å². The van der Waals surface area contributed by atoms with Gasteiger partial charge in [-0.25, -0.2) is 0 Å². The lowest BCUT2D eigenvalue weighted by Gasteiger charge is -2.53. The number of carbonyl (C=O) groups excluding carboxylic acids is 1. The maximum Gasteiger partial charge on any atom is 0.309 e. The highest BCUT2D eigenvalue weighted by Crippen LogP contribution is 2.59. The van der Waals surface area contributed by atoms with Crippen LogP contribution in [0, 0.1) is 18.3 Å². The lowest BCUT2D eigenvalue weighted by molar-refractivity contribution is -0.176. The van der Waals surface area contributed by atoms with Gasteiger partial charge in [-0.05, 0) is 45.6 Å². The standard InChI is InChI=1S/C20H28O4/c1-6-12(2)18(21)24-17-16-13(3)11-23-15(16)10-14-8-7-9-19(4,22)20(14,17)5/h8,11-12,17,22H,6-7,9-10H2,1-5H3/t12-,17+,19-,20+/m0/s1. The van der Waals surface area contributed by atoms with Gasteiger partial charge >= 0.3 is 5.97 Å². The van der Waals surface area contributed by atoms with Gasteiger partial charge in [0.2, 0.25) is 0 Å². The first-order valence-corrected chi connectivity index (χ1v) is 8.91. The van der Waals surface area contributed by atoms with E-state index in [0.29, 0.717) is 12.8 Å². The van der Waals surface area contributed by atoms with Gasteiger partial charge in [0.25, 0.3) is 0 Å². The number of hydrogen-bond acceptors (Lipinski definition) is 4. The zero-order valence-corrected chi connectivity index (χ0v) is 15.3. The first-order valence-electron chi connectivity index (χ1n) is 8.91. The van der Waals surface area contributed by atoms with Gasteiger partial charge in [-0.2, -0.15) is 0 Å². The van der Waals surface area contributed by atoms with Gasteiger partial charge < -0.3 is 14.3 Å². The maximum absolute atomic E-state index is 12.6. The molecule has 132 valence electrons. The number of rotatable bonds is 3. The number of ether oxygens (including phenoxy) is 1. The summed E-state index contributed by atoms with van der Waals surface area (Å²) in [7, 11) is 0. The fourth-order valence-electron chi connectivity index (χ4n) is 4.09. The Bertz CT molecular complexity index is 682. The van der Waals surface area contributed by atoms with Crippen molar-refractivity contribution in [2.75, 3.05) is 0 Å². The molecule has 2 aliphatic rings. The Hall–Kier alpha value is -1.55. The molecule has 1 N–H and O–H groups in total. The largest absolute Gasteiger partial charge is 0.468 e. The Morgan fingerprint density at radius 1 is 1.50 bits per heavy atom. The molecule has 0 radical (unpaired) electrons. The molecule has 24 heavy (non-hydrogen) atoms. The number of aryl methyl sites for hydroxylation is 1. The monoisotopic (exact) mass is 332 g/mol. The molecule has 3 rings (SSSR count). The summed E-state index contributed by atoms with van der Waals surface area (Å²) < 4.78 is 11.8. The number of allylic oxidation sites excluding steroid dienone is 1. The number of carbonyl (C=O) groups is 1. The van der Waals surface area contributed by atoms with E-state index in [-0.39, 0.29) is 11.9 Å². The molecule has 4 atom stereocenters. The number of esters is 1. The smallest absolute Gasteiger partial charge is 0.309 e.